The minimum Gasteiger partial charge on any atom is -0.393 e. The summed E-state index contributed by atoms with van der Waals surface area (Å²) in [5.41, 5.74) is 0.968. The van der Waals surface area contributed by atoms with Crippen LogP contribution in [0.3, 0.4) is 0 Å². The van der Waals surface area contributed by atoms with Crippen molar-refractivity contribution in [3.63, 3.8) is 0 Å². The van der Waals surface area contributed by atoms with Gasteiger partial charge >= 0.3 is 0 Å². The van der Waals surface area contributed by atoms with E-state index in [2.05, 4.69) is 17.1 Å². The lowest BCUT2D eigenvalue weighted by Gasteiger charge is -2.30. The second-order valence-electron chi connectivity index (χ2n) is 5.24. The van der Waals surface area contributed by atoms with Crippen molar-refractivity contribution in [1.82, 2.24) is 10.1 Å². The molecule has 1 fully saturated rings. The first-order chi connectivity index (χ1) is 8.15. The van der Waals surface area contributed by atoms with Crippen LogP contribution in [0.2, 0.25) is 0 Å². The lowest BCUT2D eigenvalue weighted by molar-refractivity contribution is 0.0498. The van der Waals surface area contributed by atoms with Crippen molar-refractivity contribution < 1.29 is 9.63 Å². The molecule has 0 radical (unpaired) electrons. The van der Waals surface area contributed by atoms with Crippen LogP contribution in [0, 0.1) is 12.8 Å². The van der Waals surface area contributed by atoms with Crippen molar-refractivity contribution in [2.75, 3.05) is 13.6 Å². The zero-order valence-corrected chi connectivity index (χ0v) is 10.7. The first kappa shape index (κ1) is 12.6. The van der Waals surface area contributed by atoms with Crippen molar-refractivity contribution in [3.05, 3.63) is 17.5 Å². The number of rotatable bonds is 4. The van der Waals surface area contributed by atoms with Crippen LogP contribution in [0.1, 0.15) is 37.1 Å². The van der Waals surface area contributed by atoms with Gasteiger partial charge in [0.25, 0.3) is 0 Å². The van der Waals surface area contributed by atoms with Gasteiger partial charge < -0.3 is 14.5 Å². The van der Waals surface area contributed by atoms with Gasteiger partial charge in [-0.2, -0.15) is 0 Å². The van der Waals surface area contributed by atoms with E-state index in [0.717, 1.165) is 37.4 Å². The molecule has 0 saturated heterocycles. The molecule has 0 bridgehead atoms. The molecule has 1 aliphatic rings. The van der Waals surface area contributed by atoms with Crippen LogP contribution in [0.15, 0.2) is 10.6 Å². The third-order valence-corrected chi connectivity index (χ3v) is 3.52. The van der Waals surface area contributed by atoms with Gasteiger partial charge in [0.15, 0.2) is 0 Å². The van der Waals surface area contributed by atoms with E-state index < -0.39 is 0 Å². The third-order valence-electron chi connectivity index (χ3n) is 3.52. The molecule has 1 saturated carbocycles. The minimum atomic E-state index is -0.120. The molecular formula is C13H22N2O2. The average Bonchev–Trinajstić information content (AvgIpc) is 2.67. The summed E-state index contributed by atoms with van der Waals surface area (Å²) in [6.45, 7) is 3.63. The molecule has 1 aliphatic carbocycles. The Bertz CT molecular complexity index is 351. The maximum absolute atomic E-state index is 9.93. The molecule has 0 spiro atoms. The SMILES string of the molecule is Cc1cc(CN(C)CC2CCCCC2O)no1. The minimum absolute atomic E-state index is 0.120. The summed E-state index contributed by atoms with van der Waals surface area (Å²) in [7, 11) is 2.07. The summed E-state index contributed by atoms with van der Waals surface area (Å²) in [5, 5.41) is 13.9. The van der Waals surface area contributed by atoms with Crippen molar-refractivity contribution in [2.45, 2.75) is 45.3 Å². The van der Waals surface area contributed by atoms with Gasteiger partial charge in [-0.05, 0) is 32.7 Å². The molecule has 2 rings (SSSR count). The molecule has 0 aliphatic heterocycles. The van der Waals surface area contributed by atoms with Crippen molar-refractivity contribution in [1.29, 1.82) is 0 Å². The van der Waals surface area contributed by atoms with Gasteiger partial charge in [0.2, 0.25) is 0 Å². The zero-order chi connectivity index (χ0) is 12.3. The fourth-order valence-electron chi connectivity index (χ4n) is 2.63. The molecule has 17 heavy (non-hydrogen) atoms. The molecule has 1 aromatic rings. The summed E-state index contributed by atoms with van der Waals surface area (Å²) in [4.78, 5) is 2.22. The fourth-order valence-corrected chi connectivity index (χ4v) is 2.63. The largest absolute Gasteiger partial charge is 0.393 e. The van der Waals surface area contributed by atoms with E-state index in [0.29, 0.717) is 5.92 Å². The van der Waals surface area contributed by atoms with Gasteiger partial charge in [0.1, 0.15) is 5.76 Å². The van der Waals surface area contributed by atoms with E-state index in [4.69, 9.17) is 4.52 Å². The average molecular weight is 238 g/mol. The Morgan fingerprint density at radius 3 is 2.88 bits per heavy atom. The quantitative estimate of drug-likeness (QED) is 0.871. The highest BCUT2D eigenvalue weighted by atomic mass is 16.5. The second kappa shape index (κ2) is 5.65. The van der Waals surface area contributed by atoms with Crippen LogP contribution in [-0.4, -0.2) is 34.9 Å². The molecule has 0 amide bonds. The Morgan fingerprint density at radius 1 is 1.47 bits per heavy atom. The molecule has 4 heteroatoms. The lowest BCUT2D eigenvalue weighted by Crippen LogP contribution is -2.34. The molecule has 4 nitrogen and oxygen atoms in total. The van der Waals surface area contributed by atoms with Gasteiger partial charge in [-0.15, -0.1) is 0 Å². The van der Waals surface area contributed by atoms with E-state index >= 15 is 0 Å². The maximum Gasteiger partial charge on any atom is 0.133 e. The van der Waals surface area contributed by atoms with Crippen molar-refractivity contribution in [2.24, 2.45) is 5.92 Å². The summed E-state index contributed by atoms with van der Waals surface area (Å²) < 4.78 is 5.05. The normalized spacial score (nSPS) is 25.4. The topological polar surface area (TPSA) is 49.5 Å². The number of nitrogens with zero attached hydrogens (tertiary/aromatic N) is 2. The monoisotopic (exact) mass is 238 g/mol. The number of aliphatic hydroxyl groups is 1. The standard InChI is InChI=1S/C13H22N2O2/c1-10-7-12(14-17-10)9-15(2)8-11-5-3-4-6-13(11)16/h7,11,13,16H,3-6,8-9H2,1-2H3. The second-order valence-corrected chi connectivity index (χ2v) is 5.24. The Balaban J connectivity index is 1.82. The molecular weight excluding hydrogens is 216 g/mol. The predicted octanol–water partition coefficient (Wildman–Crippen LogP) is 1.97. The Hall–Kier alpha value is -0.870. The van der Waals surface area contributed by atoms with E-state index in [-0.39, 0.29) is 6.10 Å². The molecule has 1 aromatic heterocycles. The first-order valence-electron chi connectivity index (χ1n) is 6.44. The molecule has 0 aromatic carbocycles. The zero-order valence-electron chi connectivity index (χ0n) is 10.7. The van der Waals surface area contributed by atoms with Gasteiger partial charge in [-0.1, -0.05) is 18.0 Å². The first-order valence-corrected chi connectivity index (χ1v) is 6.44. The summed E-state index contributed by atoms with van der Waals surface area (Å²) in [5.74, 6) is 1.27. The van der Waals surface area contributed by atoms with Gasteiger partial charge in [0, 0.05) is 19.2 Å². The van der Waals surface area contributed by atoms with Gasteiger partial charge in [-0.25, -0.2) is 0 Å². The summed E-state index contributed by atoms with van der Waals surface area (Å²) >= 11 is 0. The van der Waals surface area contributed by atoms with Crippen LogP contribution in [0.4, 0.5) is 0 Å². The van der Waals surface area contributed by atoms with Crippen molar-refractivity contribution >= 4 is 0 Å². The molecule has 2 atom stereocenters. The Kier molecular flexibility index (Phi) is 4.18. The summed E-state index contributed by atoms with van der Waals surface area (Å²) in [6, 6.07) is 1.97. The number of aliphatic hydroxyl groups excluding tert-OH is 1. The molecule has 2 unspecified atom stereocenters. The van der Waals surface area contributed by atoms with Crippen LogP contribution in [0.5, 0.6) is 0 Å². The van der Waals surface area contributed by atoms with E-state index in [1.54, 1.807) is 0 Å². The van der Waals surface area contributed by atoms with Gasteiger partial charge in [-0.3, -0.25) is 0 Å². The Morgan fingerprint density at radius 2 is 2.24 bits per heavy atom. The van der Waals surface area contributed by atoms with Crippen LogP contribution < -0.4 is 0 Å². The highest BCUT2D eigenvalue weighted by Crippen LogP contribution is 2.25. The third kappa shape index (κ3) is 3.54. The number of aromatic nitrogens is 1. The van der Waals surface area contributed by atoms with Crippen LogP contribution in [-0.2, 0) is 6.54 Å². The highest BCUT2D eigenvalue weighted by molar-refractivity contribution is 5.03. The number of hydrogen-bond acceptors (Lipinski definition) is 4. The summed E-state index contributed by atoms with van der Waals surface area (Å²) in [6.07, 6.45) is 4.40. The smallest absolute Gasteiger partial charge is 0.133 e. The number of hydrogen-bond donors (Lipinski definition) is 1. The molecule has 1 N–H and O–H groups in total. The van der Waals surface area contributed by atoms with E-state index in [1.807, 2.05) is 13.0 Å². The van der Waals surface area contributed by atoms with Crippen LogP contribution >= 0.6 is 0 Å². The highest BCUT2D eigenvalue weighted by Gasteiger charge is 2.24. The van der Waals surface area contributed by atoms with E-state index in [9.17, 15) is 5.11 Å². The number of aryl methyl sites for hydroxylation is 1. The molecule has 1 heterocycles. The van der Waals surface area contributed by atoms with E-state index in [1.165, 1.54) is 12.8 Å². The Labute approximate surface area is 103 Å². The molecule has 96 valence electrons. The van der Waals surface area contributed by atoms with Gasteiger partial charge in [0.05, 0.1) is 11.8 Å². The maximum atomic E-state index is 9.93. The predicted molar refractivity (Wildman–Crippen MR) is 65.5 cm³/mol. The fraction of sp³-hybridized carbons (Fsp3) is 0.769. The lowest BCUT2D eigenvalue weighted by atomic mass is 9.86. The van der Waals surface area contributed by atoms with Crippen molar-refractivity contribution in [3.8, 4) is 0 Å². The van der Waals surface area contributed by atoms with Crippen LogP contribution in [0.25, 0.3) is 0 Å².